The van der Waals surface area contributed by atoms with E-state index in [1.165, 1.54) is 12.8 Å². The molecule has 0 bridgehead atoms. The molecule has 1 aromatic rings. The molecule has 0 aliphatic carbocycles. The zero-order chi connectivity index (χ0) is 11.4. The minimum Gasteiger partial charge on any atom is -0.335 e. The number of amides is 1. The number of carbonyl (C=O) groups excluding carboxylic acids is 1. The first-order chi connectivity index (χ1) is 7.81. The van der Waals surface area contributed by atoms with Crippen LogP contribution < -0.4 is 5.32 Å². The lowest BCUT2D eigenvalue weighted by Gasteiger charge is -2.21. The molecule has 1 aliphatic rings. The Morgan fingerprint density at radius 2 is 2.50 bits per heavy atom. The summed E-state index contributed by atoms with van der Waals surface area (Å²) in [5.41, 5.74) is 1.81. The maximum atomic E-state index is 11.4. The van der Waals surface area contributed by atoms with Gasteiger partial charge in [0, 0.05) is 12.7 Å². The van der Waals surface area contributed by atoms with Crippen LogP contribution in [0.2, 0.25) is 0 Å². The smallest absolute Gasteiger partial charge is 0.235 e. The zero-order valence-corrected chi connectivity index (χ0v) is 10.3. The van der Waals surface area contributed by atoms with Crippen molar-refractivity contribution in [3.63, 3.8) is 0 Å². The van der Waals surface area contributed by atoms with Gasteiger partial charge in [-0.1, -0.05) is 19.8 Å². The summed E-state index contributed by atoms with van der Waals surface area (Å²) in [6.07, 6.45) is 5.48. The fraction of sp³-hybridized carbons (Fsp3) is 0.636. The van der Waals surface area contributed by atoms with E-state index >= 15 is 0 Å². The van der Waals surface area contributed by atoms with Crippen LogP contribution in [0.4, 0.5) is 0 Å². The van der Waals surface area contributed by atoms with Crippen LogP contribution in [0.3, 0.4) is 0 Å². The summed E-state index contributed by atoms with van der Waals surface area (Å²) in [4.78, 5) is 18.8. The topological polar surface area (TPSA) is 45.2 Å². The molecule has 1 aromatic heterocycles. The van der Waals surface area contributed by atoms with Crippen LogP contribution in [0.25, 0.3) is 0 Å². The van der Waals surface area contributed by atoms with Crippen molar-refractivity contribution in [2.75, 3.05) is 13.1 Å². The summed E-state index contributed by atoms with van der Waals surface area (Å²) in [6, 6.07) is 0. The largest absolute Gasteiger partial charge is 0.335 e. The summed E-state index contributed by atoms with van der Waals surface area (Å²) in [5, 5.41) is 2.99. The third-order valence-corrected chi connectivity index (χ3v) is 3.61. The molecule has 16 heavy (non-hydrogen) atoms. The van der Waals surface area contributed by atoms with Crippen molar-refractivity contribution < 1.29 is 4.79 Å². The third kappa shape index (κ3) is 2.59. The van der Waals surface area contributed by atoms with Crippen molar-refractivity contribution in [2.45, 2.75) is 32.4 Å². The first-order valence-electron chi connectivity index (χ1n) is 5.73. The van der Waals surface area contributed by atoms with Crippen molar-refractivity contribution in [3.8, 4) is 0 Å². The first kappa shape index (κ1) is 11.5. The number of carbonyl (C=O) groups is 1. The van der Waals surface area contributed by atoms with Gasteiger partial charge in [0.1, 0.15) is 6.17 Å². The maximum Gasteiger partial charge on any atom is 0.235 e. The number of hydrogen-bond donors (Lipinski definition) is 1. The second-order valence-corrected chi connectivity index (χ2v) is 4.97. The molecule has 1 fully saturated rings. The molecule has 0 radical (unpaired) electrons. The van der Waals surface area contributed by atoms with Crippen molar-refractivity contribution in [2.24, 2.45) is 0 Å². The number of thiazole rings is 1. The van der Waals surface area contributed by atoms with Crippen LogP contribution >= 0.6 is 11.3 Å². The fourth-order valence-corrected chi connectivity index (χ4v) is 2.65. The predicted octanol–water partition coefficient (Wildman–Crippen LogP) is 1.76. The van der Waals surface area contributed by atoms with E-state index in [1.807, 2.05) is 11.7 Å². The molecule has 0 spiro atoms. The van der Waals surface area contributed by atoms with Gasteiger partial charge < -0.3 is 5.32 Å². The molecular weight excluding hydrogens is 222 g/mol. The van der Waals surface area contributed by atoms with E-state index in [1.54, 1.807) is 11.3 Å². The molecule has 1 atom stereocenters. The van der Waals surface area contributed by atoms with Crippen LogP contribution in [0, 0.1) is 0 Å². The van der Waals surface area contributed by atoms with Gasteiger partial charge in [0.25, 0.3) is 0 Å². The molecule has 2 rings (SSSR count). The minimum absolute atomic E-state index is 0.0526. The number of nitrogens with one attached hydrogen (secondary N) is 1. The van der Waals surface area contributed by atoms with Gasteiger partial charge in [0.05, 0.1) is 16.9 Å². The number of rotatable bonds is 5. The van der Waals surface area contributed by atoms with E-state index < -0.39 is 0 Å². The van der Waals surface area contributed by atoms with Gasteiger partial charge in [0.15, 0.2) is 0 Å². The summed E-state index contributed by atoms with van der Waals surface area (Å²) < 4.78 is 0. The molecule has 0 unspecified atom stereocenters. The van der Waals surface area contributed by atoms with Crippen LogP contribution in [0.15, 0.2) is 11.7 Å². The van der Waals surface area contributed by atoms with Crippen LogP contribution in [0.1, 0.15) is 37.2 Å². The maximum absolute atomic E-state index is 11.4. The van der Waals surface area contributed by atoms with Crippen LogP contribution in [0.5, 0.6) is 0 Å². The van der Waals surface area contributed by atoms with Gasteiger partial charge in [-0.05, 0) is 6.42 Å². The number of aromatic nitrogens is 1. The second kappa shape index (κ2) is 5.41. The summed E-state index contributed by atoms with van der Waals surface area (Å²) >= 11 is 1.60. The number of nitrogens with zero attached hydrogens (tertiary/aromatic N) is 2. The Labute approximate surface area is 99.7 Å². The van der Waals surface area contributed by atoms with E-state index in [0.29, 0.717) is 6.54 Å². The highest BCUT2D eigenvalue weighted by atomic mass is 32.1. The van der Waals surface area contributed by atoms with Crippen LogP contribution in [-0.4, -0.2) is 28.9 Å². The summed E-state index contributed by atoms with van der Waals surface area (Å²) in [5.74, 6) is 0.120. The molecule has 1 N–H and O–H groups in total. The fourth-order valence-electron chi connectivity index (χ4n) is 1.95. The Bertz CT molecular complexity index is 339. The van der Waals surface area contributed by atoms with Crippen molar-refractivity contribution in [3.05, 3.63) is 16.6 Å². The summed E-state index contributed by atoms with van der Waals surface area (Å²) in [7, 11) is 0. The first-order valence-corrected chi connectivity index (χ1v) is 6.61. The van der Waals surface area contributed by atoms with Gasteiger partial charge in [-0.3, -0.25) is 14.7 Å². The van der Waals surface area contributed by atoms with E-state index in [0.717, 1.165) is 17.8 Å². The van der Waals surface area contributed by atoms with Crippen molar-refractivity contribution in [1.29, 1.82) is 0 Å². The second-order valence-electron chi connectivity index (χ2n) is 4.05. The lowest BCUT2D eigenvalue weighted by molar-refractivity contribution is -0.118. The molecule has 88 valence electrons. The van der Waals surface area contributed by atoms with Gasteiger partial charge >= 0.3 is 0 Å². The number of unbranched alkanes of at least 4 members (excludes halogenated alkanes) is 2. The highest BCUT2D eigenvalue weighted by Crippen LogP contribution is 2.25. The van der Waals surface area contributed by atoms with Crippen molar-refractivity contribution >= 4 is 17.2 Å². The molecule has 0 aromatic carbocycles. The van der Waals surface area contributed by atoms with Gasteiger partial charge in [-0.15, -0.1) is 11.3 Å². The molecule has 0 saturated carbocycles. The normalized spacial score (nSPS) is 21.3. The van der Waals surface area contributed by atoms with E-state index in [-0.39, 0.29) is 12.1 Å². The SMILES string of the molecule is CCCCCN1CC(=O)N[C@@H]1c1cncs1. The Balaban J connectivity index is 1.96. The van der Waals surface area contributed by atoms with Crippen molar-refractivity contribution in [1.82, 2.24) is 15.2 Å². The molecule has 1 amide bonds. The standard InChI is InChI=1S/C11H17N3OS/c1-2-3-4-5-14-7-10(15)13-11(14)9-6-12-8-16-9/h6,8,11H,2-5,7H2,1H3,(H,13,15)/t11-/m0/s1. The molecular formula is C11H17N3OS. The lowest BCUT2D eigenvalue weighted by Crippen LogP contribution is -2.27. The highest BCUT2D eigenvalue weighted by Gasteiger charge is 2.31. The third-order valence-electron chi connectivity index (χ3n) is 2.78. The van der Waals surface area contributed by atoms with Gasteiger partial charge in [-0.25, -0.2) is 0 Å². The minimum atomic E-state index is 0.0526. The number of hydrogen-bond acceptors (Lipinski definition) is 4. The Hall–Kier alpha value is -0.940. The lowest BCUT2D eigenvalue weighted by atomic mass is 10.2. The Morgan fingerprint density at radius 3 is 3.19 bits per heavy atom. The average Bonchev–Trinajstić information content (AvgIpc) is 2.87. The molecule has 5 heteroatoms. The quantitative estimate of drug-likeness (QED) is 0.796. The van der Waals surface area contributed by atoms with E-state index in [2.05, 4.69) is 22.1 Å². The monoisotopic (exact) mass is 239 g/mol. The van der Waals surface area contributed by atoms with E-state index in [9.17, 15) is 4.79 Å². The Morgan fingerprint density at radius 1 is 1.62 bits per heavy atom. The molecule has 1 aliphatic heterocycles. The molecule has 1 saturated heterocycles. The van der Waals surface area contributed by atoms with Gasteiger partial charge in [-0.2, -0.15) is 0 Å². The predicted molar refractivity (Wildman–Crippen MR) is 64.1 cm³/mol. The Kier molecular flexibility index (Phi) is 3.90. The highest BCUT2D eigenvalue weighted by molar-refractivity contribution is 7.09. The van der Waals surface area contributed by atoms with E-state index in [4.69, 9.17) is 0 Å². The van der Waals surface area contributed by atoms with Crippen LogP contribution in [-0.2, 0) is 4.79 Å². The molecule has 4 nitrogen and oxygen atoms in total. The summed E-state index contributed by atoms with van der Waals surface area (Å²) in [6.45, 7) is 3.69. The zero-order valence-electron chi connectivity index (χ0n) is 9.48. The van der Waals surface area contributed by atoms with Gasteiger partial charge in [0.2, 0.25) is 5.91 Å². The average molecular weight is 239 g/mol. The molecule has 2 heterocycles.